The SMILES string of the molecule is COC(=O)c1c(NC(=O)COC(=O)c2ccc(OCC3CCCO3)cc2)sc2c1CCCCC2. The van der Waals surface area contributed by atoms with Crippen LogP contribution in [-0.4, -0.2) is 50.9 Å². The molecule has 1 saturated heterocycles. The number of fused-ring (bicyclic) bond motifs is 1. The van der Waals surface area contributed by atoms with Crippen LogP contribution in [0.25, 0.3) is 0 Å². The number of aryl methyl sites for hydroxylation is 1. The van der Waals surface area contributed by atoms with E-state index in [-0.39, 0.29) is 6.10 Å². The molecule has 0 bridgehead atoms. The van der Waals surface area contributed by atoms with Crippen molar-refractivity contribution in [1.29, 1.82) is 0 Å². The van der Waals surface area contributed by atoms with Crippen molar-refractivity contribution in [2.24, 2.45) is 0 Å². The zero-order valence-electron chi connectivity index (χ0n) is 19.2. The smallest absolute Gasteiger partial charge is 0.341 e. The van der Waals surface area contributed by atoms with Gasteiger partial charge in [-0.3, -0.25) is 4.79 Å². The highest BCUT2D eigenvalue weighted by Gasteiger charge is 2.26. The largest absolute Gasteiger partial charge is 0.491 e. The molecule has 4 rings (SSSR count). The maximum absolute atomic E-state index is 12.5. The molecule has 0 spiro atoms. The third-order valence-corrected chi connectivity index (χ3v) is 7.16. The van der Waals surface area contributed by atoms with Crippen LogP contribution in [0.1, 0.15) is 63.3 Å². The third-order valence-electron chi connectivity index (χ3n) is 5.95. The molecule has 9 heteroatoms. The summed E-state index contributed by atoms with van der Waals surface area (Å²) in [6.07, 6.45) is 6.97. The van der Waals surface area contributed by atoms with Gasteiger partial charge in [0.05, 0.1) is 24.3 Å². The van der Waals surface area contributed by atoms with E-state index >= 15 is 0 Å². The van der Waals surface area contributed by atoms with Crippen LogP contribution in [0.2, 0.25) is 0 Å². The second-order valence-electron chi connectivity index (χ2n) is 8.35. The summed E-state index contributed by atoms with van der Waals surface area (Å²) in [7, 11) is 1.33. The van der Waals surface area contributed by atoms with Gasteiger partial charge in [0.25, 0.3) is 5.91 Å². The van der Waals surface area contributed by atoms with Gasteiger partial charge in [0.2, 0.25) is 0 Å². The molecule has 2 heterocycles. The fraction of sp³-hybridized carbons (Fsp3) is 0.480. The van der Waals surface area contributed by atoms with E-state index in [1.807, 2.05) is 0 Å². The summed E-state index contributed by atoms with van der Waals surface area (Å²) in [6.45, 7) is 0.786. The maximum atomic E-state index is 12.5. The number of nitrogens with one attached hydrogen (secondary N) is 1. The number of carbonyl (C=O) groups excluding carboxylic acids is 3. The highest BCUT2D eigenvalue weighted by molar-refractivity contribution is 7.17. The predicted octanol–water partition coefficient (Wildman–Crippen LogP) is 4.16. The van der Waals surface area contributed by atoms with E-state index in [9.17, 15) is 14.4 Å². The monoisotopic (exact) mass is 487 g/mol. The number of hydrogen-bond donors (Lipinski definition) is 1. The van der Waals surface area contributed by atoms with Crippen molar-refractivity contribution in [3.05, 3.63) is 45.8 Å². The molecule has 2 aromatic rings. The van der Waals surface area contributed by atoms with Crippen LogP contribution in [0, 0.1) is 0 Å². The Hall–Kier alpha value is -2.91. The second-order valence-corrected chi connectivity index (χ2v) is 9.46. The minimum absolute atomic E-state index is 0.112. The van der Waals surface area contributed by atoms with Crippen molar-refractivity contribution in [3.8, 4) is 5.75 Å². The Balaban J connectivity index is 1.31. The van der Waals surface area contributed by atoms with Gasteiger partial charge in [0.1, 0.15) is 17.4 Å². The van der Waals surface area contributed by atoms with Gasteiger partial charge in [-0.1, -0.05) is 6.42 Å². The fourth-order valence-electron chi connectivity index (χ4n) is 4.18. The number of thiophene rings is 1. The minimum Gasteiger partial charge on any atom is -0.491 e. The van der Waals surface area contributed by atoms with Gasteiger partial charge >= 0.3 is 11.9 Å². The van der Waals surface area contributed by atoms with E-state index in [1.165, 1.54) is 18.4 Å². The third kappa shape index (κ3) is 5.95. The van der Waals surface area contributed by atoms with Crippen LogP contribution in [0.5, 0.6) is 5.75 Å². The first kappa shape index (κ1) is 24.2. The number of methoxy groups -OCH3 is 1. The lowest BCUT2D eigenvalue weighted by Gasteiger charge is -2.11. The van der Waals surface area contributed by atoms with Gasteiger partial charge < -0.3 is 24.3 Å². The molecule has 1 aromatic carbocycles. The first-order valence-corrected chi connectivity index (χ1v) is 12.4. The maximum Gasteiger partial charge on any atom is 0.341 e. The molecule has 1 atom stereocenters. The summed E-state index contributed by atoms with van der Waals surface area (Å²) < 4.78 is 21.3. The normalized spacial score (nSPS) is 17.4. The quantitative estimate of drug-likeness (QED) is 0.441. The Labute approximate surface area is 202 Å². The van der Waals surface area contributed by atoms with Crippen LogP contribution in [0.15, 0.2) is 24.3 Å². The predicted molar refractivity (Wildman–Crippen MR) is 127 cm³/mol. The summed E-state index contributed by atoms with van der Waals surface area (Å²) in [5.74, 6) is -0.950. The van der Waals surface area contributed by atoms with Gasteiger partial charge in [0, 0.05) is 11.5 Å². The zero-order chi connectivity index (χ0) is 23.9. The Morgan fingerprint density at radius 2 is 1.85 bits per heavy atom. The Bertz CT molecular complexity index is 1020. The first-order chi connectivity index (χ1) is 16.5. The van der Waals surface area contributed by atoms with E-state index in [0.717, 1.165) is 62.0 Å². The molecule has 1 aliphatic carbocycles. The number of hydrogen-bond acceptors (Lipinski definition) is 8. The number of anilines is 1. The Morgan fingerprint density at radius 1 is 1.06 bits per heavy atom. The number of esters is 2. The van der Waals surface area contributed by atoms with Crippen LogP contribution < -0.4 is 10.1 Å². The molecule has 0 radical (unpaired) electrons. The fourth-order valence-corrected chi connectivity index (χ4v) is 5.47. The van der Waals surface area contributed by atoms with Crippen molar-refractivity contribution >= 4 is 34.2 Å². The molecule has 1 aromatic heterocycles. The number of ether oxygens (including phenoxy) is 4. The lowest BCUT2D eigenvalue weighted by atomic mass is 10.1. The van der Waals surface area contributed by atoms with E-state index in [2.05, 4.69) is 5.32 Å². The number of carbonyl (C=O) groups is 3. The molecule has 1 aliphatic heterocycles. The van der Waals surface area contributed by atoms with Crippen LogP contribution in [0.3, 0.4) is 0 Å². The molecule has 1 amide bonds. The van der Waals surface area contributed by atoms with Crippen molar-refractivity contribution < 1.29 is 33.3 Å². The second kappa shape index (κ2) is 11.5. The van der Waals surface area contributed by atoms with Crippen molar-refractivity contribution in [2.45, 2.75) is 51.0 Å². The summed E-state index contributed by atoms with van der Waals surface area (Å²) in [5, 5.41) is 3.18. The average Bonchev–Trinajstić information content (AvgIpc) is 3.43. The molecular formula is C25H29NO7S. The van der Waals surface area contributed by atoms with E-state index in [1.54, 1.807) is 24.3 Å². The standard InChI is InChI=1S/C25H29NO7S/c1-30-25(29)22-19-7-3-2-4-8-20(19)34-23(22)26-21(27)15-33-24(28)16-9-11-17(12-10-16)32-14-18-6-5-13-31-18/h9-12,18H,2-8,13-15H2,1H3,(H,26,27). The van der Waals surface area contributed by atoms with Crippen molar-refractivity contribution in [1.82, 2.24) is 0 Å². The number of rotatable bonds is 8. The van der Waals surface area contributed by atoms with Crippen molar-refractivity contribution in [2.75, 3.05) is 32.2 Å². The average molecular weight is 488 g/mol. The molecule has 1 N–H and O–H groups in total. The minimum atomic E-state index is -0.615. The molecule has 8 nitrogen and oxygen atoms in total. The Kier molecular flexibility index (Phi) is 8.18. The lowest BCUT2D eigenvalue weighted by Crippen LogP contribution is -2.21. The van der Waals surface area contributed by atoms with Crippen molar-refractivity contribution in [3.63, 3.8) is 0 Å². The van der Waals surface area contributed by atoms with Crippen LogP contribution >= 0.6 is 11.3 Å². The van der Waals surface area contributed by atoms with E-state index in [0.29, 0.717) is 28.5 Å². The van der Waals surface area contributed by atoms with Gasteiger partial charge in [-0.15, -0.1) is 11.3 Å². The van der Waals surface area contributed by atoms with Gasteiger partial charge in [-0.2, -0.15) is 0 Å². The topological polar surface area (TPSA) is 100 Å². The van der Waals surface area contributed by atoms with E-state index < -0.39 is 24.5 Å². The summed E-state index contributed by atoms with van der Waals surface area (Å²) in [6, 6.07) is 6.56. The van der Waals surface area contributed by atoms with Gasteiger partial charge in [-0.05, 0) is 68.4 Å². The highest BCUT2D eigenvalue weighted by Crippen LogP contribution is 2.37. The first-order valence-electron chi connectivity index (χ1n) is 11.6. The highest BCUT2D eigenvalue weighted by atomic mass is 32.1. The number of benzene rings is 1. The van der Waals surface area contributed by atoms with Crippen LogP contribution in [-0.2, 0) is 31.8 Å². The Morgan fingerprint density at radius 3 is 2.59 bits per heavy atom. The number of amides is 1. The molecule has 34 heavy (non-hydrogen) atoms. The molecule has 182 valence electrons. The summed E-state index contributed by atoms with van der Waals surface area (Å²) >= 11 is 1.40. The molecular weight excluding hydrogens is 458 g/mol. The van der Waals surface area contributed by atoms with Gasteiger partial charge in [-0.25, -0.2) is 9.59 Å². The molecule has 1 fully saturated rings. The summed E-state index contributed by atoms with van der Waals surface area (Å²) in [5.41, 5.74) is 1.70. The molecule has 2 aliphatic rings. The molecule has 0 saturated carbocycles. The lowest BCUT2D eigenvalue weighted by molar-refractivity contribution is -0.119. The summed E-state index contributed by atoms with van der Waals surface area (Å²) in [4.78, 5) is 38.4. The van der Waals surface area contributed by atoms with Gasteiger partial charge in [0.15, 0.2) is 6.61 Å². The van der Waals surface area contributed by atoms with E-state index in [4.69, 9.17) is 18.9 Å². The molecule has 1 unspecified atom stereocenters. The van der Waals surface area contributed by atoms with Crippen LogP contribution in [0.4, 0.5) is 5.00 Å². The zero-order valence-corrected chi connectivity index (χ0v) is 20.0.